The zero-order chi connectivity index (χ0) is 22.0. The van der Waals surface area contributed by atoms with Gasteiger partial charge in [0.1, 0.15) is 17.5 Å². The summed E-state index contributed by atoms with van der Waals surface area (Å²) in [7, 11) is 1.54. The molecule has 1 aromatic carbocycles. The molecule has 1 aliphatic rings. The zero-order valence-electron chi connectivity index (χ0n) is 17.5. The highest BCUT2D eigenvalue weighted by atomic mass is 16.5. The van der Waals surface area contributed by atoms with Crippen molar-refractivity contribution >= 4 is 28.6 Å². The predicted octanol–water partition coefficient (Wildman–Crippen LogP) is 2.43. The number of anilines is 1. The minimum atomic E-state index is -0.474. The lowest BCUT2D eigenvalue weighted by Gasteiger charge is -2.15. The van der Waals surface area contributed by atoms with Gasteiger partial charge in [0.15, 0.2) is 0 Å². The molecule has 0 aliphatic carbocycles. The van der Waals surface area contributed by atoms with E-state index in [0.717, 1.165) is 25.9 Å². The van der Waals surface area contributed by atoms with Gasteiger partial charge in [0, 0.05) is 31.5 Å². The predicted molar refractivity (Wildman–Crippen MR) is 114 cm³/mol. The number of likely N-dealkylation sites (tertiary alicyclic amines) is 1. The molecule has 9 heteroatoms. The van der Waals surface area contributed by atoms with E-state index in [0.29, 0.717) is 30.2 Å². The number of nitrogens with zero attached hydrogens (tertiary/aromatic N) is 3. The molecule has 2 amide bonds. The normalized spacial score (nSPS) is 13.7. The number of benzene rings is 1. The van der Waals surface area contributed by atoms with Crippen LogP contribution in [0.4, 0.5) is 5.69 Å². The molecule has 0 unspecified atom stereocenters. The number of rotatable bonds is 6. The minimum Gasteiger partial charge on any atom is -0.442 e. The van der Waals surface area contributed by atoms with Gasteiger partial charge in [-0.3, -0.25) is 19.0 Å². The Hall–Kier alpha value is -3.46. The van der Waals surface area contributed by atoms with E-state index in [-0.39, 0.29) is 28.1 Å². The molecule has 0 atom stereocenters. The standard InChI is InChI=1S/C22H24N4O5/c1-14-17(18-20(31-14)23-13-26(22(18)29)11-12-30-2)19(27)24-16-7-5-15(6-8-16)21(28)25-9-3-4-10-25/h5-8,13H,3-4,9-12H2,1-2H3,(H,24,27). The van der Waals surface area contributed by atoms with Gasteiger partial charge in [-0.1, -0.05) is 0 Å². The van der Waals surface area contributed by atoms with Crippen LogP contribution < -0.4 is 10.9 Å². The number of ether oxygens (including phenoxy) is 1. The molecule has 162 valence electrons. The van der Waals surface area contributed by atoms with Gasteiger partial charge < -0.3 is 19.4 Å². The number of amides is 2. The average molecular weight is 424 g/mol. The van der Waals surface area contributed by atoms with Gasteiger partial charge in [-0.2, -0.15) is 0 Å². The Kier molecular flexibility index (Phi) is 5.85. The fraction of sp³-hybridized carbons (Fsp3) is 0.364. The van der Waals surface area contributed by atoms with Crippen LogP contribution in [-0.4, -0.2) is 53.1 Å². The quantitative estimate of drug-likeness (QED) is 0.651. The van der Waals surface area contributed by atoms with Gasteiger partial charge in [0.25, 0.3) is 17.4 Å². The van der Waals surface area contributed by atoms with E-state index in [1.165, 1.54) is 10.9 Å². The van der Waals surface area contributed by atoms with Crippen LogP contribution in [0.15, 0.2) is 39.8 Å². The van der Waals surface area contributed by atoms with Crippen LogP contribution in [-0.2, 0) is 11.3 Å². The van der Waals surface area contributed by atoms with Crippen molar-refractivity contribution in [3.63, 3.8) is 0 Å². The van der Waals surface area contributed by atoms with Crippen molar-refractivity contribution in [3.05, 3.63) is 57.8 Å². The summed E-state index contributed by atoms with van der Waals surface area (Å²) in [6.45, 7) is 3.83. The lowest BCUT2D eigenvalue weighted by atomic mass is 10.1. The van der Waals surface area contributed by atoms with E-state index in [9.17, 15) is 14.4 Å². The van der Waals surface area contributed by atoms with Gasteiger partial charge in [0.05, 0.1) is 18.7 Å². The molecule has 4 rings (SSSR count). The summed E-state index contributed by atoms with van der Waals surface area (Å²) in [6, 6.07) is 6.73. The van der Waals surface area contributed by atoms with Crippen LogP contribution in [0.5, 0.6) is 0 Å². The lowest BCUT2D eigenvalue weighted by Crippen LogP contribution is -2.27. The lowest BCUT2D eigenvalue weighted by molar-refractivity contribution is 0.0792. The molecule has 0 bridgehead atoms. The number of aromatic nitrogens is 2. The van der Waals surface area contributed by atoms with Gasteiger partial charge in [-0.25, -0.2) is 4.98 Å². The minimum absolute atomic E-state index is 0.00488. The Morgan fingerprint density at radius 2 is 1.90 bits per heavy atom. The summed E-state index contributed by atoms with van der Waals surface area (Å²) in [5.74, 6) is -0.171. The van der Waals surface area contributed by atoms with Crippen LogP contribution in [0.3, 0.4) is 0 Å². The molecule has 3 aromatic rings. The maximum Gasteiger partial charge on any atom is 0.265 e. The van der Waals surface area contributed by atoms with Gasteiger partial charge in [-0.15, -0.1) is 0 Å². The molecule has 3 heterocycles. The smallest absolute Gasteiger partial charge is 0.265 e. The van der Waals surface area contributed by atoms with E-state index < -0.39 is 5.91 Å². The van der Waals surface area contributed by atoms with E-state index >= 15 is 0 Å². The highest BCUT2D eigenvalue weighted by Crippen LogP contribution is 2.23. The Labute approximate surface area is 178 Å². The summed E-state index contributed by atoms with van der Waals surface area (Å²) < 4.78 is 11.9. The molecule has 1 aliphatic heterocycles. The third-order valence-electron chi connectivity index (χ3n) is 5.40. The van der Waals surface area contributed by atoms with Crippen LogP contribution in [0.2, 0.25) is 0 Å². The average Bonchev–Trinajstić information content (AvgIpc) is 3.41. The molecular formula is C22H24N4O5. The second-order valence-electron chi connectivity index (χ2n) is 7.48. The second kappa shape index (κ2) is 8.73. The maximum atomic E-state index is 13.0. The molecule has 1 N–H and O–H groups in total. The Bertz CT molecular complexity index is 1170. The zero-order valence-corrected chi connectivity index (χ0v) is 17.5. The fourth-order valence-electron chi connectivity index (χ4n) is 3.75. The third-order valence-corrected chi connectivity index (χ3v) is 5.40. The molecule has 31 heavy (non-hydrogen) atoms. The summed E-state index contributed by atoms with van der Waals surface area (Å²) in [5.41, 5.74) is 0.996. The number of hydrogen-bond donors (Lipinski definition) is 1. The highest BCUT2D eigenvalue weighted by Gasteiger charge is 2.23. The SMILES string of the molecule is COCCn1cnc2oc(C)c(C(=O)Nc3ccc(C(=O)N4CCCC4)cc3)c2c1=O. The van der Waals surface area contributed by atoms with Gasteiger partial charge in [0.2, 0.25) is 5.71 Å². The number of carbonyl (C=O) groups excluding carboxylic acids is 2. The Balaban J connectivity index is 1.57. The van der Waals surface area contributed by atoms with Crippen molar-refractivity contribution in [2.24, 2.45) is 0 Å². The number of fused-ring (bicyclic) bond motifs is 1. The number of furan rings is 1. The highest BCUT2D eigenvalue weighted by molar-refractivity contribution is 6.12. The molecule has 1 fully saturated rings. The summed E-state index contributed by atoms with van der Waals surface area (Å²) in [5, 5.41) is 2.91. The van der Waals surface area contributed by atoms with Gasteiger partial charge in [-0.05, 0) is 44.0 Å². The first kappa shape index (κ1) is 20.8. The molecule has 0 saturated carbocycles. The second-order valence-corrected chi connectivity index (χ2v) is 7.48. The summed E-state index contributed by atoms with van der Waals surface area (Å²) in [4.78, 5) is 44.3. The Morgan fingerprint density at radius 3 is 2.58 bits per heavy atom. The number of nitrogens with one attached hydrogen (secondary N) is 1. The van der Waals surface area contributed by atoms with Crippen LogP contribution in [0.25, 0.3) is 11.1 Å². The summed E-state index contributed by atoms with van der Waals surface area (Å²) >= 11 is 0. The van der Waals surface area contributed by atoms with E-state index in [2.05, 4.69) is 10.3 Å². The van der Waals surface area contributed by atoms with E-state index in [4.69, 9.17) is 9.15 Å². The molecule has 0 radical (unpaired) electrons. The van der Waals surface area contributed by atoms with Crippen molar-refractivity contribution in [3.8, 4) is 0 Å². The summed E-state index contributed by atoms with van der Waals surface area (Å²) in [6.07, 6.45) is 3.43. The Morgan fingerprint density at radius 1 is 1.19 bits per heavy atom. The number of carbonyl (C=O) groups is 2. The number of methoxy groups -OCH3 is 1. The molecule has 2 aromatic heterocycles. The van der Waals surface area contributed by atoms with Crippen molar-refractivity contribution in [1.82, 2.24) is 14.5 Å². The maximum absolute atomic E-state index is 13.0. The van der Waals surface area contributed by atoms with Crippen molar-refractivity contribution in [2.45, 2.75) is 26.3 Å². The molecule has 0 spiro atoms. The van der Waals surface area contributed by atoms with Gasteiger partial charge >= 0.3 is 0 Å². The molecular weight excluding hydrogens is 400 g/mol. The van der Waals surface area contributed by atoms with Crippen LogP contribution in [0.1, 0.15) is 39.3 Å². The first-order chi connectivity index (χ1) is 15.0. The van der Waals surface area contributed by atoms with Crippen molar-refractivity contribution in [2.75, 3.05) is 32.1 Å². The van der Waals surface area contributed by atoms with Crippen molar-refractivity contribution < 1.29 is 18.7 Å². The monoisotopic (exact) mass is 424 g/mol. The first-order valence-electron chi connectivity index (χ1n) is 10.2. The van der Waals surface area contributed by atoms with E-state index in [1.807, 2.05) is 4.90 Å². The molecule has 9 nitrogen and oxygen atoms in total. The largest absolute Gasteiger partial charge is 0.442 e. The third kappa shape index (κ3) is 4.09. The topological polar surface area (TPSA) is 107 Å². The van der Waals surface area contributed by atoms with Crippen LogP contribution in [0, 0.1) is 6.92 Å². The first-order valence-corrected chi connectivity index (χ1v) is 10.2. The number of hydrogen-bond acceptors (Lipinski definition) is 6. The number of aryl methyl sites for hydroxylation is 1. The van der Waals surface area contributed by atoms with Crippen molar-refractivity contribution in [1.29, 1.82) is 0 Å². The van der Waals surface area contributed by atoms with E-state index in [1.54, 1.807) is 38.3 Å². The fourth-order valence-corrected chi connectivity index (χ4v) is 3.75. The van der Waals surface area contributed by atoms with Crippen LogP contribution >= 0.6 is 0 Å². The molecule has 1 saturated heterocycles.